The first-order valence-electron chi connectivity index (χ1n) is 6.88. The van der Waals surface area contributed by atoms with Gasteiger partial charge in [0.05, 0.1) is 12.6 Å². The minimum Gasteiger partial charge on any atom is -0.308 e. The van der Waals surface area contributed by atoms with Crippen molar-refractivity contribution >= 4 is 5.95 Å². The maximum Gasteiger partial charge on any atom is 0.347 e. The Morgan fingerprint density at radius 2 is 1.76 bits per heavy atom. The van der Waals surface area contributed by atoms with Crippen molar-refractivity contribution in [3.63, 3.8) is 0 Å². The van der Waals surface area contributed by atoms with Crippen molar-refractivity contribution in [2.45, 2.75) is 13.1 Å². The van der Waals surface area contributed by atoms with Crippen molar-refractivity contribution in [2.24, 2.45) is 7.05 Å². The predicted octanol–water partition coefficient (Wildman–Crippen LogP) is 0.981. The first kappa shape index (κ1) is 13.3. The first-order valence-corrected chi connectivity index (χ1v) is 6.88. The molecule has 0 amide bonds. The van der Waals surface area contributed by atoms with Crippen LogP contribution < -0.4 is 14.9 Å². The van der Waals surface area contributed by atoms with Gasteiger partial charge in [-0.05, 0) is 24.2 Å². The van der Waals surface area contributed by atoms with E-state index in [0.29, 0.717) is 5.95 Å². The van der Waals surface area contributed by atoms with Crippen molar-refractivity contribution in [2.75, 3.05) is 5.73 Å². The lowest BCUT2D eigenvalue weighted by Crippen LogP contribution is -2.58. The zero-order valence-corrected chi connectivity index (χ0v) is 12.2. The summed E-state index contributed by atoms with van der Waals surface area (Å²) in [6.45, 7) is 2.08. The summed E-state index contributed by atoms with van der Waals surface area (Å²) in [5.41, 5.74) is 8.55. The van der Waals surface area contributed by atoms with Crippen LogP contribution in [-0.2, 0) is 7.05 Å². The van der Waals surface area contributed by atoms with Gasteiger partial charge in [0.2, 0.25) is 6.33 Å². The van der Waals surface area contributed by atoms with E-state index in [4.69, 9.17) is 5.73 Å². The van der Waals surface area contributed by atoms with Gasteiger partial charge < -0.3 is 5.73 Å². The second-order valence-corrected chi connectivity index (χ2v) is 5.13. The van der Waals surface area contributed by atoms with Crippen LogP contribution in [0.2, 0.25) is 0 Å². The molecule has 0 aliphatic heterocycles. The second-order valence-electron chi connectivity index (χ2n) is 5.13. The Balaban J connectivity index is 2.16. The Labute approximate surface area is 123 Å². The molecule has 21 heavy (non-hydrogen) atoms. The van der Waals surface area contributed by atoms with E-state index in [1.54, 1.807) is 11.0 Å². The highest BCUT2D eigenvalue weighted by Crippen LogP contribution is 2.12. The number of pyridine rings is 1. The molecule has 0 saturated carbocycles. The zero-order valence-electron chi connectivity index (χ0n) is 12.2. The van der Waals surface area contributed by atoms with Gasteiger partial charge in [-0.15, -0.1) is 4.68 Å². The zero-order chi connectivity index (χ0) is 14.8. The first-order chi connectivity index (χ1) is 10.2. The molecule has 106 valence electrons. The van der Waals surface area contributed by atoms with Crippen molar-refractivity contribution in [1.82, 2.24) is 9.78 Å². The van der Waals surface area contributed by atoms with E-state index >= 15 is 0 Å². The van der Waals surface area contributed by atoms with Gasteiger partial charge in [0.1, 0.15) is 0 Å². The van der Waals surface area contributed by atoms with Crippen LogP contribution in [0.1, 0.15) is 17.3 Å². The summed E-state index contributed by atoms with van der Waals surface area (Å²) in [7, 11) is 1.84. The van der Waals surface area contributed by atoms with Crippen molar-refractivity contribution < 1.29 is 9.13 Å². The van der Waals surface area contributed by atoms with E-state index < -0.39 is 0 Å². The highest BCUT2D eigenvalue weighted by atomic mass is 15.4. The number of aromatic nitrogens is 4. The molecule has 1 atom stereocenters. The normalized spacial score (nSPS) is 12.3. The summed E-state index contributed by atoms with van der Waals surface area (Å²) in [5, 5.41) is 4.25. The Morgan fingerprint density at radius 3 is 2.33 bits per heavy atom. The molecule has 5 nitrogen and oxygen atoms in total. The third-order valence-corrected chi connectivity index (χ3v) is 3.61. The number of rotatable bonds is 3. The Kier molecular flexibility index (Phi) is 3.39. The fourth-order valence-corrected chi connectivity index (χ4v) is 2.40. The van der Waals surface area contributed by atoms with E-state index in [2.05, 4.69) is 40.9 Å². The maximum atomic E-state index is 6.16. The summed E-state index contributed by atoms with van der Waals surface area (Å²) in [4.78, 5) is 0. The molecule has 0 aliphatic carbocycles. The van der Waals surface area contributed by atoms with Gasteiger partial charge in [0.25, 0.3) is 6.17 Å². The fraction of sp³-hybridized carbons (Fsp3) is 0.188. The molecule has 1 aromatic carbocycles. The summed E-state index contributed by atoms with van der Waals surface area (Å²) in [6, 6.07) is 14.5. The molecule has 0 fully saturated rings. The van der Waals surface area contributed by atoms with Crippen LogP contribution in [-0.4, -0.2) is 9.78 Å². The van der Waals surface area contributed by atoms with Gasteiger partial charge in [-0.1, -0.05) is 23.8 Å². The number of aryl methyl sites for hydroxylation is 2. The van der Waals surface area contributed by atoms with Gasteiger partial charge in [0, 0.05) is 12.1 Å². The molecule has 0 saturated heterocycles. The molecule has 0 radical (unpaired) electrons. The highest BCUT2D eigenvalue weighted by Gasteiger charge is 2.29. The summed E-state index contributed by atoms with van der Waals surface area (Å²) in [5.74, 6) is 0.608. The van der Waals surface area contributed by atoms with E-state index in [1.165, 1.54) is 5.56 Å². The summed E-state index contributed by atoms with van der Waals surface area (Å²) in [6.07, 6.45) is 5.77. The maximum absolute atomic E-state index is 6.16. The molecule has 0 aliphatic rings. The van der Waals surface area contributed by atoms with E-state index in [9.17, 15) is 0 Å². The molecule has 2 N–H and O–H groups in total. The van der Waals surface area contributed by atoms with Gasteiger partial charge in [-0.2, -0.15) is 9.13 Å². The number of nitrogens with zero attached hydrogens (tertiary/aromatic N) is 4. The SMILES string of the molecule is Cc1ccc(C([n+]2ccccc2)[n+]2cnn(C)c2N)cc1. The molecular formula is C16H19N5+2. The third kappa shape index (κ3) is 2.50. The summed E-state index contributed by atoms with van der Waals surface area (Å²) >= 11 is 0. The lowest BCUT2D eigenvalue weighted by atomic mass is 10.1. The van der Waals surface area contributed by atoms with E-state index in [1.807, 2.05) is 42.2 Å². The van der Waals surface area contributed by atoms with Crippen molar-refractivity contribution in [1.29, 1.82) is 0 Å². The molecule has 3 rings (SSSR count). The number of hydrogen-bond acceptors (Lipinski definition) is 2. The molecule has 5 heteroatoms. The number of hydrogen-bond donors (Lipinski definition) is 1. The van der Waals surface area contributed by atoms with Crippen LogP contribution in [0.4, 0.5) is 5.95 Å². The minimum absolute atomic E-state index is 0.0551. The topological polar surface area (TPSA) is 51.6 Å². The van der Waals surface area contributed by atoms with E-state index in [-0.39, 0.29) is 6.17 Å². The lowest BCUT2D eigenvalue weighted by Gasteiger charge is -2.11. The predicted molar refractivity (Wildman–Crippen MR) is 79.2 cm³/mol. The van der Waals surface area contributed by atoms with Crippen LogP contribution >= 0.6 is 0 Å². The quantitative estimate of drug-likeness (QED) is 0.728. The largest absolute Gasteiger partial charge is 0.347 e. The number of nitrogen functional groups attached to an aromatic ring is 1. The van der Waals surface area contributed by atoms with Crippen molar-refractivity contribution in [3.8, 4) is 0 Å². The monoisotopic (exact) mass is 281 g/mol. The Hall–Kier alpha value is -2.69. The van der Waals surface area contributed by atoms with Gasteiger partial charge in [-0.3, -0.25) is 0 Å². The van der Waals surface area contributed by atoms with Crippen LogP contribution in [0.25, 0.3) is 0 Å². The number of anilines is 1. The molecule has 1 unspecified atom stereocenters. The standard InChI is InChI=1S/C16H18N5/c1-13-6-8-14(9-7-13)15(20-10-4-3-5-11-20)21-12-18-19(2)16(21)17/h3-12,15,17H,1-2H3/q+1/p+1. The Morgan fingerprint density at radius 1 is 1.10 bits per heavy atom. The average Bonchev–Trinajstić information content (AvgIpc) is 2.83. The third-order valence-electron chi connectivity index (χ3n) is 3.61. The minimum atomic E-state index is -0.0551. The van der Waals surface area contributed by atoms with E-state index in [0.717, 1.165) is 5.56 Å². The molecule has 0 bridgehead atoms. The number of benzene rings is 1. The van der Waals surface area contributed by atoms with Gasteiger partial charge in [0.15, 0.2) is 12.4 Å². The van der Waals surface area contributed by atoms with Crippen LogP contribution in [0.3, 0.4) is 0 Å². The second kappa shape index (κ2) is 5.36. The van der Waals surface area contributed by atoms with Crippen LogP contribution in [0, 0.1) is 6.92 Å². The molecular weight excluding hydrogens is 262 g/mol. The fourth-order valence-electron chi connectivity index (χ4n) is 2.40. The van der Waals surface area contributed by atoms with Crippen LogP contribution in [0.15, 0.2) is 61.2 Å². The molecule has 2 heterocycles. The number of nitrogens with two attached hydrogens (primary N) is 1. The lowest BCUT2D eigenvalue weighted by molar-refractivity contribution is -0.928. The van der Waals surface area contributed by atoms with Gasteiger partial charge in [-0.25, -0.2) is 0 Å². The average molecular weight is 281 g/mol. The smallest absolute Gasteiger partial charge is 0.308 e. The highest BCUT2D eigenvalue weighted by molar-refractivity contribution is 5.22. The van der Waals surface area contributed by atoms with Gasteiger partial charge >= 0.3 is 5.95 Å². The molecule has 0 spiro atoms. The van der Waals surface area contributed by atoms with Crippen molar-refractivity contribution in [3.05, 3.63) is 72.3 Å². The molecule has 3 aromatic rings. The van der Waals surface area contributed by atoms with Crippen LogP contribution in [0.5, 0.6) is 0 Å². The molecule has 2 aromatic heterocycles. The Bertz CT molecular complexity index is 731. The summed E-state index contributed by atoms with van der Waals surface area (Å²) < 4.78 is 5.75.